The van der Waals surface area contributed by atoms with Crippen LogP contribution >= 0.6 is 24.0 Å². The first-order chi connectivity index (χ1) is 12.7. The van der Waals surface area contributed by atoms with E-state index in [2.05, 4.69) is 10.3 Å². The molecule has 1 aromatic rings. The van der Waals surface area contributed by atoms with Gasteiger partial charge < -0.3 is 25.4 Å². The Labute approximate surface area is 178 Å². The van der Waals surface area contributed by atoms with Crippen molar-refractivity contribution < 1.29 is 14.3 Å². The molecule has 0 saturated carbocycles. The Morgan fingerprint density at radius 1 is 1.33 bits per heavy atom. The van der Waals surface area contributed by atoms with Crippen molar-refractivity contribution in [3.63, 3.8) is 0 Å². The van der Waals surface area contributed by atoms with Crippen LogP contribution < -0.4 is 11.1 Å². The number of carbonyl (C=O) groups is 1. The van der Waals surface area contributed by atoms with E-state index >= 15 is 0 Å². The summed E-state index contributed by atoms with van der Waals surface area (Å²) in [7, 11) is 0. The van der Waals surface area contributed by atoms with Gasteiger partial charge in [0.2, 0.25) is 5.91 Å². The number of halogens is 1. The van der Waals surface area contributed by atoms with Crippen LogP contribution in [0.1, 0.15) is 24.8 Å². The molecule has 1 aliphatic heterocycles. The molecule has 1 unspecified atom stereocenters. The van der Waals surface area contributed by atoms with Crippen molar-refractivity contribution in [1.82, 2.24) is 10.2 Å². The van der Waals surface area contributed by atoms with Crippen molar-refractivity contribution in [2.24, 2.45) is 10.7 Å². The first-order valence-corrected chi connectivity index (χ1v) is 9.25. The topological polar surface area (TPSA) is 89.2 Å². The number of benzene rings is 1. The lowest BCUT2D eigenvalue weighted by Gasteiger charge is -2.30. The molecule has 27 heavy (non-hydrogen) atoms. The molecule has 0 aliphatic carbocycles. The fraction of sp³-hybridized carbons (Fsp3) is 0.579. The third-order valence-corrected chi connectivity index (χ3v) is 4.24. The predicted molar refractivity (Wildman–Crippen MR) is 118 cm³/mol. The summed E-state index contributed by atoms with van der Waals surface area (Å²) < 4.78 is 10.6. The summed E-state index contributed by atoms with van der Waals surface area (Å²) in [6.07, 6.45) is 0.860. The molecule has 2 rings (SSSR count). The molecule has 0 aromatic heterocycles. The van der Waals surface area contributed by atoms with Crippen LogP contribution in [0.3, 0.4) is 0 Å². The predicted octanol–water partition coefficient (Wildman–Crippen LogP) is 1.58. The Morgan fingerprint density at radius 3 is 2.70 bits per heavy atom. The molecule has 1 amide bonds. The van der Waals surface area contributed by atoms with Gasteiger partial charge in [-0.2, -0.15) is 0 Å². The van der Waals surface area contributed by atoms with Gasteiger partial charge in [-0.05, 0) is 18.9 Å². The number of amides is 1. The summed E-state index contributed by atoms with van der Waals surface area (Å²) in [4.78, 5) is 19.2. The highest BCUT2D eigenvalue weighted by Gasteiger charge is 2.27. The normalized spacial score (nSPS) is 15.7. The van der Waals surface area contributed by atoms with Crippen LogP contribution in [-0.2, 0) is 14.3 Å². The second-order valence-corrected chi connectivity index (χ2v) is 6.10. The number of nitrogens with one attached hydrogen (secondary N) is 1. The molecule has 0 bridgehead atoms. The smallest absolute Gasteiger partial charge is 0.232 e. The van der Waals surface area contributed by atoms with Crippen LogP contribution in [0.4, 0.5) is 0 Å². The molecule has 7 nitrogen and oxygen atoms in total. The minimum absolute atomic E-state index is 0. The average Bonchev–Trinajstić information content (AvgIpc) is 2.69. The highest BCUT2D eigenvalue weighted by molar-refractivity contribution is 14.0. The van der Waals surface area contributed by atoms with Crippen molar-refractivity contribution in [3.05, 3.63) is 35.9 Å². The number of hydrogen-bond acceptors (Lipinski definition) is 4. The van der Waals surface area contributed by atoms with Gasteiger partial charge in [0.1, 0.15) is 0 Å². The third kappa shape index (κ3) is 8.44. The first kappa shape index (κ1) is 23.6. The van der Waals surface area contributed by atoms with E-state index in [-0.39, 0.29) is 35.8 Å². The zero-order valence-corrected chi connectivity index (χ0v) is 18.3. The average molecular weight is 490 g/mol. The standard InChI is InChI=1S/C19H30N4O3.HI/c1-2-25-12-6-9-21-19(20)22-15-17(16-7-4-3-5-8-16)18(24)23-10-13-26-14-11-23;/h3-5,7-8,17H,2,6,9-15H2,1H3,(H3,20,21,22);1H. The molecule has 0 radical (unpaired) electrons. The minimum atomic E-state index is -0.335. The van der Waals surface area contributed by atoms with E-state index in [0.29, 0.717) is 58.6 Å². The van der Waals surface area contributed by atoms with Gasteiger partial charge in [-0.3, -0.25) is 9.79 Å². The molecule has 1 heterocycles. The van der Waals surface area contributed by atoms with Gasteiger partial charge in [0, 0.05) is 32.8 Å². The molecule has 1 saturated heterocycles. The van der Waals surface area contributed by atoms with Gasteiger partial charge in [0.25, 0.3) is 0 Å². The van der Waals surface area contributed by atoms with E-state index in [1.807, 2.05) is 42.2 Å². The molecule has 8 heteroatoms. The molecular formula is C19H31IN4O3. The first-order valence-electron chi connectivity index (χ1n) is 9.25. The second kappa shape index (κ2) is 13.7. The molecule has 1 aliphatic rings. The molecular weight excluding hydrogens is 459 g/mol. The number of aliphatic imine (C=N–C) groups is 1. The largest absolute Gasteiger partial charge is 0.382 e. The van der Waals surface area contributed by atoms with Crippen molar-refractivity contribution in [2.75, 3.05) is 52.6 Å². The van der Waals surface area contributed by atoms with Crippen LogP contribution in [0.5, 0.6) is 0 Å². The van der Waals surface area contributed by atoms with Gasteiger partial charge >= 0.3 is 0 Å². The monoisotopic (exact) mass is 490 g/mol. The number of hydrogen-bond donors (Lipinski definition) is 2. The number of nitrogens with two attached hydrogens (primary N) is 1. The third-order valence-electron chi connectivity index (χ3n) is 4.24. The van der Waals surface area contributed by atoms with Crippen LogP contribution in [0, 0.1) is 0 Å². The van der Waals surface area contributed by atoms with Crippen molar-refractivity contribution in [3.8, 4) is 0 Å². The quantitative estimate of drug-likeness (QED) is 0.238. The van der Waals surface area contributed by atoms with Gasteiger partial charge in [-0.15, -0.1) is 24.0 Å². The summed E-state index contributed by atoms with van der Waals surface area (Å²) >= 11 is 0. The molecule has 0 spiro atoms. The summed E-state index contributed by atoms with van der Waals surface area (Å²) in [5, 5.41) is 3.07. The summed E-state index contributed by atoms with van der Waals surface area (Å²) in [6.45, 7) is 6.81. The van der Waals surface area contributed by atoms with Crippen LogP contribution in [0.2, 0.25) is 0 Å². The summed E-state index contributed by atoms with van der Waals surface area (Å²) in [6, 6.07) is 9.74. The van der Waals surface area contributed by atoms with Crippen LogP contribution in [0.15, 0.2) is 35.3 Å². The molecule has 3 N–H and O–H groups in total. The zero-order valence-electron chi connectivity index (χ0n) is 15.9. The SMILES string of the molecule is CCOCCCNC(N)=NCC(C(=O)N1CCOCC1)c1ccccc1.I. The van der Waals surface area contributed by atoms with Gasteiger partial charge in [0.15, 0.2) is 5.96 Å². The number of rotatable bonds is 9. The summed E-state index contributed by atoms with van der Waals surface area (Å²) in [5.41, 5.74) is 6.90. The number of morpholine rings is 1. The number of nitrogens with zero attached hydrogens (tertiary/aromatic N) is 2. The zero-order chi connectivity index (χ0) is 18.6. The van der Waals surface area contributed by atoms with E-state index in [4.69, 9.17) is 15.2 Å². The maximum absolute atomic E-state index is 13.0. The fourth-order valence-corrected chi connectivity index (χ4v) is 2.80. The molecule has 1 fully saturated rings. The Bertz CT molecular complexity index is 565. The molecule has 1 atom stereocenters. The van der Waals surface area contributed by atoms with E-state index in [1.54, 1.807) is 0 Å². The highest BCUT2D eigenvalue weighted by atomic mass is 127. The highest BCUT2D eigenvalue weighted by Crippen LogP contribution is 2.20. The second-order valence-electron chi connectivity index (χ2n) is 6.10. The van der Waals surface area contributed by atoms with Crippen molar-refractivity contribution in [2.45, 2.75) is 19.3 Å². The Balaban J connectivity index is 0.00000364. The Morgan fingerprint density at radius 2 is 2.04 bits per heavy atom. The van der Waals surface area contributed by atoms with Gasteiger partial charge in [0.05, 0.1) is 25.7 Å². The fourth-order valence-electron chi connectivity index (χ4n) is 2.80. The van der Waals surface area contributed by atoms with E-state index in [1.165, 1.54) is 0 Å². The number of carbonyl (C=O) groups excluding carboxylic acids is 1. The van der Waals surface area contributed by atoms with Crippen LogP contribution in [-0.4, -0.2) is 69.4 Å². The van der Waals surface area contributed by atoms with Crippen molar-refractivity contribution >= 4 is 35.8 Å². The van der Waals surface area contributed by atoms with E-state index in [0.717, 1.165) is 12.0 Å². The Hall–Kier alpha value is -1.39. The van der Waals surface area contributed by atoms with Crippen LogP contribution in [0.25, 0.3) is 0 Å². The lowest BCUT2D eigenvalue weighted by Crippen LogP contribution is -2.44. The minimum Gasteiger partial charge on any atom is -0.382 e. The van der Waals surface area contributed by atoms with E-state index < -0.39 is 0 Å². The maximum Gasteiger partial charge on any atom is 0.232 e. The number of guanidine groups is 1. The Kier molecular flexibility index (Phi) is 12.0. The molecule has 152 valence electrons. The van der Waals surface area contributed by atoms with Gasteiger partial charge in [-0.25, -0.2) is 0 Å². The van der Waals surface area contributed by atoms with Crippen molar-refractivity contribution in [1.29, 1.82) is 0 Å². The summed E-state index contributed by atoms with van der Waals surface area (Å²) in [5.74, 6) is 0.0997. The molecule has 1 aromatic carbocycles. The maximum atomic E-state index is 13.0. The number of ether oxygens (including phenoxy) is 2. The van der Waals surface area contributed by atoms with E-state index in [9.17, 15) is 4.79 Å². The van der Waals surface area contributed by atoms with Gasteiger partial charge in [-0.1, -0.05) is 30.3 Å². The lowest BCUT2D eigenvalue weighted by atomic mass is 9.97. The lowest BCUT2D eigenvalue weighted by molar-refractivity contribution is -0.136.